The molecule has 0 aromatic heterocycles. The van der Waals surface area contributed by atoms with Crippen LogP contribution in [0.1, 0.15) is 36.8 Å². The first kappa shape index (κ1) is 25.8. The first-order chi connectivity index (χ1) is 16.9. The fourth-order valence-electron chi connectivity index (χ4n) is 5.06. The highest BCUT2D eigenvalue weighted by atomic mass is 35.5. The van der Waals surface area contributed by atoms with Crippen molar-refractivity contribution in [2.24, 2.45) is 5.73 Å². The molecule has 0 radical (unpaired) electrons. The lowest BCUT2D eigenvalue weighted by molar-refractivity contribution is -0.148. The Hall–Kier alpha value is -2.32. The van der Waals surface area contributed by atoms with Gasteiger partial charge in [0.25, 0.3) is 0 Å². The smallest absolute Gasteiger partial charge is 0.220 e. The molecule has 2 fully saturated rings. The Kier molecular flexibility index (Phi) is 8.89. The number of hydrogen-bond acceptors (Lipinski definition) is 6. The van der Waals surface area contributed by atoms with Crippen LogP contribution >= 0.6 is 11.6 Å². The molecule has 2 saturated heterocycles. The summed E-state index contributed by atoms with van der Waals surface area (Å²) < 4.78 is 17.8. The number of likely N-dealkylation sites (tertiary alicyclic amines) is 1. The second-order valence-electron chi connectivity index (χ2n) is 9.61. The first-order valence-corrected chi connectivity index (χ1v) is 12.7. The second kappa shape index (κ2) is 12.1. The minimum atomic E-state index is -0.810. The van der Waals surface area contributed by atoms with Crippen molar-refractivity contribution in [2.45, 2.75) is 44.4 Å². The Labute approximate surface area is 213 Å². The van der Waals surface area contributed by atoms with Gasteiger partial charge in [-0.1, -0.05) is 30.2 Å². The Balaban J connectivity index is 1.45. The van der Waals surface area contributed by atoms with E-state index in [1.807, 2.05) is 12.1 Å². The van der Waals surface area contributed by atoms with Crippen LogP contribution in [0.2, 0.25) is 5.02 Å². The van der Waals surface area contributed by atoms with Crippen LogP contribution in [0.15, 0.2) is 42.5 Å². The van der Waals surface area contributed by atoms with Crippen LogP contribution in [0.5, 0.6) is 11.5 Å². The maximum atomic E-state index is 11.9. The number of hydrogen-bond donors (Lipinski definition) is 1. The third-order valence-corrected chi connectivity index (χ3v) is 6.95. The van der Waals surface area contributed by atoms with Crippen molar-refractivity contribution in [2.75, 3.05) is 46.5 Å². The number of morpholine rings is 1. The van der Waals surface area contributed by atoms with Crippen LogP contribution in [0.3, 0.4) is 0 Å². The summed E-state index contributed by atoms with van der Waals surface area (Å²) in [5, 5.41) is 0.595. The van der Waals surface area contributed by atoms with E-state index in [0.29, 0.717) is 23.9 Å². The van der Waals surface area contributed by atoms with Crippen molar-refractivity contribution < 1.29 is 19.0 Å². The number of ether oxygens (including phenoxy) is 3. The van der Waals surface area contributed by atoms with Gasteiger partial charge in [-0.05, 0) is 61.8 Å². The van der Waals surface area contributed by atoms with E-state index in [4.69, 9.17) is 31.5 Å². The van der Waals surface area contributed by atoms with Gasteiger partial charge in [-0.2, -0.15) is 0 Å². The lowest BCUT2D eigenvalue weighted by Crippen LogP contribution is -2.56. The Morgan fingerprint density at radius 2 is 1.91 bits per heavy atom. The molecule has 1 amide bonds. The number of rotatable bonds is 10. The molecule has 2 aliphatic rings. The molecule has 0 saturated carbocycles. The maximum absolute atomic E-state index is 11.9. The molecule has 0 spiro atoms. The van der Waals surface area contributed by atoms with E-state index in [2.05, 4.69) is 28.0 Å². The summed E-state index contributed by atoms with van der Waals surface area (Å²) in [6, 6.07) is 13.6. The maximum Gasteiger partial charge on any atom is 0.220 e. The van der Waals surface area contributed by atoms with Gasteiger partial charge in [-0.25, -0.2) is 0 Å². The number of methoxy groups -OCH3 is 1. The van der Waals surface area contributed by atoms with E-state index >= 15 is 0 Å². The average Bonchev–Trinajstić information content (AvgIpc) is 2.84. The van der Waals surface area contributed by atoms with E-state index < -0.39 is 11.5 Å². The van der Waals surface area contributed by atoms with Gasteiger partial charge in [0.1, 0.15) is 23.7 Å². The van der Waals surface area contributed by atoms with Crippen LogP contribution in [-0.2, 0) is 22.6 Å². The second-order valence-corrected chi connectivity index (χ2v) is 10.1. The van der Waals surface area contributed by atoms with Crippen LogP contribution in [0.4, 0.5) is 0 Å². The number of carbonyl (C=O) groups excluding carboxylic acids is 1. The van der Waals surface area contributed by atoms with Crippen molar-refractivity contribution in [1.82, 2.24) is 9.80 Å². The molecule has 2 aromatic carbocycles. The predicted octanol–water partition coefficient (Wildman–Crippen LogP) is 3.86. The topological polar surface area (TPSA) is 77.3 Å². The minimum Gasteiger partial charge on any atom is -0.496 e. The van der Waals surface area contributed by atoms with E-state index in [9.17, 15) is 4.79 Å². The van der Waals surface area contributed by atoms with Crippen LogP contribution in [0.25, 0.3) is 0 Å². The normalized spacial score (nSPS) is 21.5. The number of carbonyl (C=O) groups is 1. The Morgan fingerprint density at radius 1 is 1.09 bits per heavy atom. The third kappa shape index (κ3) is 7.34. The molecule has 2 heterocycles. The largest absolute Gasteiger partial charge is 0.496 e. The lowest BCUT2D eigenvalue weighted by atomic mass is 9.97. The molecule has 190 valence electrons. The molecule has 7 nitrogen and oxygen atoms in total. The molecule has 0 aliphatic carbocycles. The number of halogens is 1. The first-order valence-electron chi connectivity index (χ1n) is 12.4. The van der Waals surface area contributed by atoms with Crippen molar-refractivity contribution in [3.05, 3.63) is 58.6 Å². The summed E-state index contributed by atoms with van der Waals surface area (Å²) in [7, 11) is 1.73. The third-order valence-electron chi connectivity index (χ3n) is 6.72. The summed E-state index contributed by atoms with van der Waals surface area (Å²) >= 11 is 6.09. The SMILES string of the molecule is COc1ccc(CN2CCO[C@](COc3cccc(Cl)c3)(CC(N)=O)C2)cc1CN1CCCCC1. The lowest BCUT2D eigenvalue weighted by Gasteiger charge is -2.42. The molecule has 4 rings (SSSR count). The van der Waals surface area contributed by atoms with Crippen molar-refractivity contribution >= 4 is 17.5 Å². The quantitative estimate of drug-likeness (QED) is 0.532. The van der Waals surface area contributed by atoms with Gasteiger partial charge in [-0.3, -0.25) is 14.6 Å². The number of nitrogens with two attached hydrogens (primary N) is 1. The molecular weight excluding hydrogens is 466 g/mol. The zero-order valence-corrected chi connectivity index (χ0v) is 21.3. The fraction of sp³-hybridized carbons (Fsp3) is 0.519. The van der Waals surface area contributed by atoms with E-state index in [1.165, 1.54) is 30.4 Å². The van der Waals surface area contributed by atoms with E-state index in [-0.39, 0.29) is 13.0 Å². The van der Waals surface area contributed by atoms with Crippen LogP contribution < -0.4 is 15.2 Å². The molecule has 35 heavy (non-hydrogen) atoms. The van der Waals surface area contributed by atoms with Gasteiger partial charge in [0.2, 0.25) is 5.91 Å². The Morgan fingerprint density at radius 3 is 2.66 bits per heavy atom. The number of amides is 1. The molecule has 8 heteroatoms. The van der Waals surface area contributed by atoms with Gasteiger partial charge >= 0.3 is 0 Å². The van der Waals surface area contributed by atoms with E-state index in [0.717, 1.165) is 38.5 Å². The summed E-state index contributed by atoms with van der Waals surface area (Å²) in [6.07, 6.45) is 3.93. The molecular formula is C27H36ClN3O4. The molecule has 0 unspecified atom stereocenters. The number of piperidine rings is 1. The highest BCUT2D eigenvalue weighted by Gasteiger charge is 2.39. The van der Waals surface area contributed by atoms with Crippen molar-refractivity contribution in [3.63, 3.8) is 0 Å². The Bertz CT molecular complexity index is 998. The van der Waals surface area contributed by atoms with Gasteiger partial charge in [0.05, 0.1) is 20.1 Å². The number of benzene rings is 2. The summed E-state index contributed by atoms with van der Waals surface area (Å²) in [6.45, 7) is 5.96. The van der Waals surface area contributed by atoms with Gasteiger partial charge in [0.15, 0.2) is 0 Å². The highest BCUT2D eigenvalue weighted by Crippen LogP contribution is 2.28. The highest BCUT2D eigenvalue weighted by molar-refractivity contribution is 6.30. The zero-order chi connectivity index (χ0) is 24.7. The summed E-state index contributed by atoms with van der Waals surface area (Å²) in [5.74, 6) is 1.16. The molecule has 0 bridgehead atoms. The van der Waals surface area contributed by atoms with Gasteiger partial charge in [-0.15, -0.1) is 0 Å². The molecule has 2 aliphatic heterocycles. The molecule has 1 atom stereocenters. The summed E-state index contributed by atoms with van der Waals surface area (Å²) in [5.41, 5.74) is 7.22. The standard InChI is InChI=1S/C27H36ClN3O4/c1-33-25-9-8-21(14-22(25)18-30-10-3-2-4-11-30)17-31-12-13-35-27(19-31,16-26(29)32)20-34-24-7-5-6-23(28)15-24/h5-9,14-15H,2-4,10-13,16-20H2,1H3,(H2,29,32)/t27-/m1/s1. The van der Waals surface area contributed by atoms with Crippen LogP contribution in [0, 0.1) is 0 Å². The average molecular weight is 502 g/mol. The molecule has 2 aromatic rings. The zero-order valence-electron chi connectivity index (χ0n) is 20.5. The molecule has 2 N–H and O–H groups in total. The van der Waals surface area contributed by atoms with Crippen molar-refractivity contribution in [3.8, 4) is 11.5 Å². The number of primary amides is 1. The summed E-state index contributed by atoms with van der Waals surface area (Å²) in [4.78, 5) is 16.7. The van der Waals surface area contributed by atoms with Crippen molar-refractivity contribution in [1.29, 1.82) is 0 Å². The fourth-order valence-corrected chi connectivity index (χ4v) is 5.24. The predicted molar refractivity (Wildman–Crippen MR) is 137 cm³/mol. The minimum absolute atomic E-state index is 0.0902. The van der Waals surface area contributed by atoms with E-state index in [1.54, 1.807) is 19.2 Å². The van der Waals surface area contributed by atoms with Gasteiger partial charge in [0, 0.05) is 36.8 Å². The van der Waals surface area contributed by atoms with Crippen LogP contribution in [-0.4, -0.2) is 67.8 Å². The van der Waals surface area contributed by atoms with Gasteiger partial charge < -0.3 is 19.9 Å². The monoisotopic (exact) mass is 501 g/mol. The number of nitrogens with zero attached hydrogens (tertiary/aromatic N) is 2.